The summed E-state index contributed by atoms with van der Waals surface area (Å²) in [6.07, 6.45) is 7.44. The van der Waals surface area contributed by atoms with Gasteiger partial charge in [0.2, 0.25) is 0 Å². The van der Waals surface area contributed by atoms with Crippen molar-refractivity contribution in [2.75, 3.05) is 0 Å². The van der Waals surface area contributed by atoms with Crippen molar-refractivity contribution in [1.82, 2.24) is 9.55 Å². The Balaban J connectivity index is 0.000000112. The maximum Gasteiger partial charge on any atom is 0.132 e. The van der Waals surface area contributed by atoms with E-state index >= 15 is 0 Å². The van der Waals surface area contributed by atoms with E-state index in [9.17, 15) is 0 Å². The van der Waals surface area contributed by atoms with E-state index in [1.54, 1.807) is 12.4 Å². The minimum absolute atomic E-state index is 0.947. The van der Waals surface area contributed by atoms with Gasteiger partial charge in [-0.3, -0.25) is 4.98 Å². The molecule has 2 aromatic heterocycles. The summed E-state index contributed by atoms with van der Waals surface area (Å²) in [6, 6.07) is 9.72. The molecule has 0 radical (unpaired) electrons. The van der Waals surface area contributed by atoms with Crippen LogP contribution in [-0.2, 0) is 6.54 Å². The SMILES string of the molecule is C1=Nc2cccn2C1.c1ccncc1. The normalized spacial score (nSPS) is 11.7. The van der Waals surface area contributed by atoms with Crippen molar-refractivity contribution in [1.29, 1.82) is 0 Å². The molecule has 3 heterocycles. The second kappa shape index (κ2) is 4.37. The Bertz CT molecular complexity index is 377. The van der Waals surface area contributed by atoms with Gasteiger partial charge < -0.3 is 4.57 Å². The number of pyridine rings is 1. The van der Waals surface area contributed by atoms with Crippen LogP contribution in [0.1, 0.15) is 0 Å². The summed E-state index contributed by atoms with van der Waals surface area (Å²) in [7, 11) is 0. The summed E-state index contributed by atoms with van der Waals surface area (Å²) in [6.45, 7) is 0.947. The number of nitrogens with zero attached hydrogens (tertiary/aromatic N) is 3. The van der Waals surface area contributed by atoms with Crippen molar-refractivity contribution < 1.29 is 0 Å². The van der Waals surface area contributed by atoms with E-state index in [1.807, 2.05) is 42.7 Å². The van der Waals surface area contributed by atoms with Crippen molar-refractivity contribution in [3.8, 4) is 0 Å². The van der Waals surface area contributed by atoms with Crippen LogP contribution in [0.15, 0.2) is 53.9 Å². The van der Waals surface area contributed by atoms with Gasteiger partial charge in [-0.15, -0.1) is 0 Å². The van der Waals surface area contributed by atoms with Gasteiger partial charge in [-0.2, -0.15) is 0 Å². The van der Waals surface area contributed by atoms with Gasteiger partial charge in [-0.05, 0) is 24.3 Å². The summed E-state index contributed by atoms with van der Waals surface area (Å²) in [4.78, 5) is 7.88. The monoisotopic (exact) mass is 185 g/mol. The van der Waals surface area contributed by atoms with Crippen molar-refractivity contribution in [2.45, 2.75) is 6.54 Å². The van der Waals surface area contributed by atoms with Crippen molar-refractivity contribution in [3.63, 3.8) is 0 Å². The number of fused-ring (bicyclic) bond motifs is 1. The van der Waals surface area contributed by atoms with Gasteiger partial charge in [-0.1, -0.05) is 6.07 Å². The van der Waals surface area contributed by atoms with Crippen molar-refractivity contribution in [2.24, 2.45) is 4.99 Å². The molecule has 0 aromatic carbocycles. The lowest BCUT2D eigenvalue weighted by molar-refractivity contribution is 0.909. The Morgan fingerprint density at radius 2 is 1.93 bits per heavy atom. The first kappa shape index (κ1) is 8.69. The third-order valence-electron chi connectivity index (χ3n) is 1.87. The van der Waals surface area contributed by atoms with Crippen LogP contribution in [0.25, 0.3) is 0 Å². The first-order chi connectivity index (χ1) is 6.97. The molecule has 14 heavy (non-hydrogen) atoms. The predicted molar refractivity (Wildman–Crippen MR) is 56.8 cm³/mol. The highest BCUT2D eigenvalue weighted by atomic mass is 15.1. The molecule has 0 N–H and O–H groups in total. The Morgan fingerprint density at radius 1 is 1.07 bits per heavy atom. The number of aliphatic imine (C=N–C) groups is 1. The fourth-order valence-electron chi connectivity index (χ4n) is 1.21. The predicted octanol–water partition coefficient (Wildman–Crippen LogP) is 2.29. The van der Waals surface area contributed by atoms with Crippen LogP contribution >= 0.6 is 0 Å². The zero-order valence-corrected chi connectivity index (χ0v) is 7.74. The molecule has 0 amide bonds. The molecule has 3 heteroatoms. The van der Waals surface area contributed by atoms with E-state index in [0.717, 1.165) is 12.4 Å². The van der Waals surface area contributed by atoms with Crippen LogP contribution in [0, 0.1) is 0 Å². The highest BCUT2D eigenvalue weighted by molar-refractivity contribution is 5.66. The van der Waals surface area contributed by atoms with E-state index in [-0.39, 0.29) is 0 Å². The van der Waals surface area contributed by atoms with E-state index in [4.69, 9.17) is 0 Å². The van der Waals surface area contributed by atoms with Crippen LogP contribution in [0.2, 0.25) is 0 Å². The molecule has 2 aromatic rings. The molecule has 1 aliphatic heterocycles. The molecule has 70 valence electrons. The third-order valence-corrected chi connectivity index (χ3v) is 1.87. The van der Waals surface area contributed by atoms with E-state index < -0.39 is 0 Å². The van der Waals surface area contributed by atoms with E-state index in [1.165, 1.54) is 0 Å². The molecule has 0 atom stereocenters. The Labute approximate surface area is 82.8 Å². The second-order valence-corrected chi connectivity index (χ2v) is 2.85. The zero-order chi connectivity index (χ0) is 9.64. The molecular weight excluding hydrogens is 174 g/mol. The van der Waals surface area contributed by atoms with Crippen LogP contribution in [-0.4, -0.2) is 15.8 Å². The molecule has 0 fully saturated rings. The molecule has 0 aliphatic carbocycles. The molecule has 0 spiro atoms. The Morgan fingerprint density at radius 3 is 2.50 bits per heavy atom. The first-order valence-electron chi connectivity index (χ1n) is 4.49. The van der Waals surface area contributed by atoms with Gasteiger partial charge in [0.05, 0.1) is 6.54 Å². The smallest absolute Gasteiger partial charge is 0.132 e. The number of rotatable bonds is 0. The summed E-state index contributed by atoms with van der Waals surface area (Å²) in [5.41, 5.74) is 0. The average molecular weight is 185 g/mol. The lowest BCUT2D eigenvalue weighted by Gasteiger charge is -1.88. The van der Waals surface area contributed by atoms with Crippen LogP contribution in [0.4, 0.5) is 5.82 Å². The molecule has 0 unspecified atom stereocenters. The van der Waals surface area contributed by atoms with Gasteiger partial charge in [0.25, 0.3) is 0 Å². The molecular formula is C11H11N3. The molecule has 1 aliphatic rings. The molecule has 0 bridgehead atoms. The van der Waals surface area contributed by atoms with Crippen LogP contribution in [0.5, 0.6) is 0 Å². The van der Waals surface area contributed by atoms with Crippen molar-refractivity contribution in [3.05, 3.63) is 48.9 Å². The molecule has 3 nitrogen and oxygen atoms in total. The van der Waals surface area contributed by atoms with E-state index in [2.05, 4.69) is 14.5 Å². The van der Waals surface area contributed by atoms with Gasteiger partial charge in [0, 0.05) is 24.8 Å². The number of hydrogen-bond donors (Lipinski definition) is 0. The molecule has 3 rings (SSSR count). The van der Waals surface area contributed by atoms with E-state index in [0.29, 0.717) is 0 Å². The minimum atomic E-state index is 0.947. The lowest BCUT2D eigenvalue weighted by Crippen LogP contribution is -1.86. The standard InChI is InChI=1S/C6H6N2.C5H5N/c1-2-6-7-3-5-8(6)4-1;1-2-4-6-5-3-1/h1-4H,5H2;1-5H. The molecule has 0 saturated carbocycles. The summed E-state index contributed by atoms with van der Waals surface area (Å²) in [5, 5.41) is 0. The lowest BCUT2D eigenvalue weighted by atomic mass is 10.5. The summed E-state index contributed by atoms with van der Waals surface area (Å²) in [5.74, 6) is 1.07. The highest BCUT2D eigenvalue weighted by Crippen LogP contribution is 2.15. The summed E-state index contributed by atoms with van der Waals surface area (Å²) < 4.78 is 2.10. The van der Waals surface area contributed by atoms with Gasteiger partial charge >= 0.3 is 0 Å². The third kappa shape index (κ3) is 2.07. The fourth-order valence-corrected chi connectivity index (χ4v) is 1.21. The maximum atomic E-state index is 4.10. The van der Waals surface area contributed by atoms with Crippen LogP contribution in [0.3, 0.4) is 0 Å². The van der Waals surface area contributed by atoms with Crippen LogP contribution < -0.4 is 0 Å². The van der Waals surface area contributed by atoms with Gasteiger partial charge in [0.1, 0.15) is 5.82 Å². The average Bonchev–Trinajstić information content (AvgIpc) is 2.82. The number of hydrogen-bond acceptors (Lipinski definition) is 2. The van der Waals surface area contributed by atoms with Gasteiger partial charge in [-0.25, -0.2) is 4.99 Å². The Hall–Kier alpha value is -1.90. The largest absolute Gasteiger partial charge is 0.328 e. The second-order valence-electron chi connectivity index (χ2n) is 2.85. The zero-order valence-electron chi connectivity index (χ0n) is 7.74. The topological polar surface area (TPSA) is 30.2 Å². The highest BCUT2D eigenvalue weighted by Gasteiger charge is 2.00. The summed E-state index contributed by atoms with van der Waals surface area (Å²) >= 11 is 0. The maximum absolute atomic E-state index is 4.10. The fraction of sp³-hybridized carbons (Fsp3) is 0.0909. The van der Waals surface area contributed by atoms with Gasteiger partial charge in [0.15, 0.2) is 0 Å². The minimum Gasteiger partial charge on any atom is -0.328 e. The quantitative estimate of drug-likeness (QED) is 0.619. The number of aromatic nitrogens is 2. The molecule has 0 saturated heterocycles. The Kier molecular flexibility index (Phi) is 2.71. The van der Waals surface area contributed by atoms with Crippen molar-refractivity contribution >= 4 is 12.0 Å². The first-order valence-corrected chi connectivity index (χ1v) is 4.49.